The van der Waals surface area contributed by atoms with Crippen LogP contribution in [-0.2, 0) is 10.0 Å². The van der Waals surface area contributed by atoms with Gasteiger partial charge in [0.2, 0.25) is 10.0 Å². The fourth-order valence-electron chi connectivity index (χ4n) is 6.16. The molecule has 1 amide bonds. The second kappa shape index (κ2) is 10.9. The van der Waals surface area contributed by atoms with Crippen LogP contribution in [0.2, 0.25) is 0 Å². The van der Waals surface area contributed by atoms with Gasteiger partial charge in [0, 0.05) is 38.0 Å². The molecule has 6 rings (SSSR count). The van der Waals surface area contributed by atoms with Crippen molar-refractivity contribution in [3.8, 4) is 5.69 Å². The molecule has 11 heteroatoms. The van der Waals surface area contributed by atoms with E-state index in [-0.39, 0.29) is 47.3 Å². The van der Waals surface area contributed by atoms with Gasteiger partial charge in [-0.2, -0.15) is 9.40 Å². The first-order chi connectivity index (χ1) is 19.7. The molecule has 0 unspecified atom stereocenters. The van der Waals surface area contributed by atoms with Crippen molar-refractivity contribution in [3.05, 3.63) is 94.9 Å². The number of nitrogens with zero attached hydrogens (tertiary/aromatic N) is 5. The van der Waals surface area contributed by atoms with Crippen molar-refractivity contribution < 1.29 is 22.1 Å². The van der Waals surface area contributed by atoms with E-state index >= 15 is 0 Å². The Bertz CT molecular complexity index is 1640. The summed E-state index contributed by atoms with van der Waals surface area (Å²) in [5, 5.41) is 8.40. The number of rotatable bonds is 6. The second-order valence-electron chi connectivity index (χ2n) is 10.8. The minimum Gasteiger partial charge on any atom is -0.360 e. The number of aryl methyl sites for hydroxylation is 2. The van der Waals surface area contributed by atoms with Crippen molar-refractivity contribution in [1.29, 1.82) is 0 Å². The average Bonchev–Trinajstić information content (AvgIpc) is 3.73. The van der Waals surface area contributed by atoms with E-state index < -0.39 is 10.0 Å². The Morgan fingerprint density at radius 3 is 2.29 bits per heavy atom. The number of halogens is 1. The summed E-state index contributed by atoms with van der Waals surface area (Å²) in [7, 11) is -3.77. The molecule has 0 radical (unpaired) electrons. The predicted octanol–water partition coefficient (Wildman–Crippen LogP) is 4.81. The van der Waals surface area contributed by atoms with Crippen LogP contribution in [0.5, 0.6) is 0 Å². The van der Waals surface area contributed by atoms with Crippen molar-refractivity contribution in [1.82, 2.24) is 24.1 Å². The molecule has 4 heterocycles. The van der Waals surface area contributed by atoms with Gasteiger partial charge < -0.3 is 9.42 Å². The number of carbonyl (C=O) groups excluding carboxylic acids is 1. The third-order valence-corrected chi connectivity index (χ3v) is 10.4. The predicted molar refractivity (Wildman–Crippen MR) is 150 cm³/mol. The highest BCUT2D eigenvalue weighted by molar-refractivity contribution is 7.89. The summed E-state index contributed by atoms with van der Waals surface area (Å²) >= 11 is 0. The van der Waals surface area contributed by atoms with Gasteiger partial charge in [-0.3, -0.25) is 4.79 Å². The van der Waals surface area contributed by atoms with Gasteiger partial charge in [-0.25, -0.2) is 17.5 Å². The van der Waals surface area contributed by atoms with E-state index in [0.717, 1.165) is 12.1 Å². The molecule has 2 aromatic carbocycles. The average molecular weight is 578 g/mol. The van der Waals surface area contributed by atoms with Gasteiger partial charge in [0.25, 0.3) is 5.91 Å². The maximum absolute atomic E-state index is 13.9. The molecule has 1 atom stereocenters. The number of amides is 1. The Morgan fingerprint density at radius 1 is 0.951 bits per heavy atom. The summed E-state index contributed by atoms with van der Waals surface area (Å²) in [5.41, 5.74) is 3.45. The molecule has 4 aromatic rings. The third kappa shape index (κ3) is 5.08. The molecule has 2 aliphatic heterocycles. The maximum atomic E-state index is 13.9. The quantitative estimate of drug-likeness (QED) is 0.326. The van der Waals surface area contributed by atoms with E-state index in [1.165, 1.54) is 22.0 Å². The molecule has 0 aliphatic carbocycles. The summed E-state index contributed by atoms with van der Waals surface area (Å²) in [5.74, 6) is -0.0249. The fraction of sp³-hybridized carbons (Fsp3) is 0.367. The zero-order chi connectivity index (χ0) is 28.7. The van der Waals surface area contributed by atoms with E-state index in [1.807, 2.05) is 23.1 Å². The van der Waals surface area contributed by atoms with E-state index in [4.69, 9.17) is 4.52 Å². The molecular weight excluding hydrogens is 545 g/mol. The normalized spacial score (nSPS) is 18.7. The molecule has 0 spiro atoms. The Morgan fingerprint density at radius 2 is 1.63 bits per heavy atom. The Labute approximate surface area is 238 Å². The number of piperidine rings is 1. The maximum Gasteiger partial charge on any atom is 0.257 e. The molecule has 41 heavy (non-hydrogen) atoms. The number of benzene rings is 2. The molecule has 2 fully saturated rings. The summed E-state index contributed by atoms with van der Waals surface area (Å²) in [4.78, 5) is 15.9. The summed E-state index contributed by atoms with van der Waals surface area (Å²) in [6.45, 7) is 5.04. The van der Waals surface area contributed by atoms with E-state index in [2.05, 4.69) is 22.4 Å². The van der Waals surface area contributed by atoms with Crippen LogP contribution in [0.3, 0.4) is 0 Å². The standard InChI is InChI=1S/C30H32FN5O4S/c1-20-29(21(2)40-33-20)41(38,39)35-16-13-23(14-17-35)28-27(18-32-36(28)26-10-8-25(31)9-11-26)30(37)34-15-12-24(19-34)22-6-4-3-5-7-22/h3-11,18,23-24H,12-17,19H2,1-2H3/t24-/m0/s1. The first kappa shape index (κ1) is 27.3. The van der Waals surface area contributed by atoms with Crippen LogP contribution < -0.4 is 0 Å². The molecule has 2 aliphatic rings. The number of aromatic nitrogens is 3. The van der Waals surface area contributed by atoms with Crippen molar-refractivity contribution >= 4 is 15.9 Å². The monoisotopic (exact) mass is 577 g/mol. The molecule has 9 nitrogen and oxygen atoms in total. The third-order valence-electron chi connectivity index (χ3n) is 8.26. The lowest BCUT2D eigenvalue weighted by atomic mass is 9.91. The van der Waals surface area contributed by atoms with Crippen LogP contribution in [0.15, 0.2) is 70.2 Å². The Balaban J connectivity index is 1.28. The first-order valence-corrected chi connectivity index (χ1v) is 15.3. The molecule has 2 aromatic heterocycles. The lowest BCUT2D eigenvalue weighted by Crippen LogP contribution is -2.39. The molecule has 0 saturated carbocycles. The van der Waals surface area contributed by atoms with E-state index in [9.17, 15) is 17.6 Å². The molecule has 2 saturated heterocycles. The summed E-state index contributed by atoms with van der Waals surface area (Å²) in [6.07, 6.45) is 3.49. The fourth-order valence-corrected chi connectivity index (χ4v) is 7.92. The van der Waals surface area contributed by atoms with Crippen LogP contribution in [0.1, 0.15) is 64.2 Å². The van der Waals surface area contributed by atoms with E-state index in [1.54, 1.807) is 36.9 Å². The number of hydrogen-bond donors (Lipinski definition) is 0. The highest BCUT2D eigenvalue weighted by atomic mass is 32.2. The smallest absolute Gasteiger partial charge is 0.257 e. The number of sulfonamides is 1. The highest BCUT2D eigenvalue weighted by Crippen LogP contribution is 2.36. The summed E-state index contributed by atoms with van der Waals surface area (Å²) < 4.78 is 48.8. The van der Waals surface area contributed by atoms with Crippen LogP contribution in [0, 0.1) is 19.7 Å². The highest BCUT2D eigenvalue weighted by Gasteiger charge is 2.37. The summed E-state index contributed by atoms with van der Waals surface area (Å²) in [6, 6.07) is 16.2. The number of hydrogen-bond acceptors (Lipinski definition) is 6. The zero-order valence-corrected chi connectivity index (χ0v) is 23.8. The molecule has 0 bridgehead atoms. The largest absolute Gasteiger partial charge is 0.360 e. The van der Waals surface area contributed by atoms with Crippen molar-refractivity contribution in [3.63, 3.8) is 0 Å². The van der Waals surface area contributed by atoms with Crippen LogP contribution in [0.4, 0.5) is 4.39 Å². The van der Waals surface area contributed by atoms with Gasteiger partial charge in [0.1, 0.15) is 16.4 Å². The van der Waals surface area contributed by atoms with Gasteiger partial charge in [-0.15, -0.1) is 0 Å². The lowest BCUT2D eigenvalue weighted by Gasteiger charge is -2.32. The minimum atomic E-state index is -3.77. The van der Waals surface area contributed by atoms with Crippen LogP contribution >= 0.6 is 0 Å². The van der Waals surface area contributed by atoms with Crippen LogP contribution in [-0.4, -0.2) is 64.6 Å². The minimum absolute atomic E-state index is 0.0856. The Kier molecular flexibility index (Phi) is 7.25. The van der Waals surface area contributed by atoms with Crippen molar-refractivity contribution in [2.75, 3.05) is 26.2 Å². The van der Waals surface area contributed by atoms with Crippen LogP contribution in [0.25, 0.3) is 5.69 Å². The van der Waals surface area contributed by atoms with E-state index in [0.29, 0.717) is 42.9 Å². The lowest BCUT2D eigenvalue weighted by molar-refractivity contribution is 0.0788. The zero-order valence-electron chi connectivity index (χ0n) is 23.0. The SMILES string of the molecule is Cc1noc(C)c1S(=O)(=O)N1CCC(c2c(C(=O)N3CC[C@H](c4ccccc4)C3)cnn2-c2ccc(F)cc2)CC1. The second-order valence-corrected chi connectivity index (χ2v) is 12.7. The van der Waals surface area contributed by atoms with Gasteiger partial charge in [0.05, 0.1) is 23.1 Å². The molecule has 214 valence electrons. The number of carbonyl (C=O) groups is 1. The van der Waals surface area contributed by atoms with Gasteiger partial charge in [0.15, 0.2) is 5.76 Å². The van der Waals surface area contributed by atoms with Gasteiger partial charge >= 0.3 is 0 Å². The molecular formula is C30H32FN5O4S. The topological polar surface area (TPSA) is 102 Å². The first-order valence-electron chi connectivity index (χ1n) is 13.8. The van der Waals surface area contributed by atoms with Crippen molar-refractivity contribution in [2.45, 2.75) is 49.8 Å². The van der Waals surface area contributed by atoms with Gasteiger partial charge in [-0.05, 0) is 62.9 Å². The number of likely N-dealkylation sites (tertiary alicyclic amines) is 1. The van der Waals surface area contributed by atoms with Gasteiger partial charge in [-0.1, -0.05) is 35.5 Å². The molecule has 0 N–H and O–H groups in total. The van der Waals surface area contributed by atoms with Crippen molar-refractivity contribution in [2.24, 2.45) is 0 Å². The Hall–Kier alpha value is -3.83.